The number of ether oxygens (including phenoxy) is 1. The molecular weight excluding hydrogens is 234 g/mol. The van der Waals surface area contributed by atoms with E-state index in [-0.39, 0.29) is 0 Å². The van der Waals surface area contributed by atoms with Crippen LogP contribution in [0.2, 0.25) is 0 Å². The Kier molecular flexibility index (Phi) is 6.53. The molecule has 0 unspecified atom stereocenters. The number of hydrogen-bond donors (Lipinski definition) is 1. The van der Waals surface area contributed by atoms with Gasteiger partial charge in [0.25, 0.3) is 0 Å². The highest BCUT2D eigenvalue weighted by atomic mass is 16.5. The Morgan fingerprint density at radius 2 is 1.32 bits per heavy atom. The van der Waals surface area contributed by atoms with Crippen LogP contribution in [0.5, 0.6) is 0 Å². The standard InChI is InChI=1S/C17H29NO/c1-7-18-9-11-19-10-8-17-15(5)13(3)12(2)14(4)16(17)6/h18H,7-11H2,1-6H3. The molecule has 2 heteroatoms. The van der Waals surface area contributed by atoms with Gasteiger partial charge in [0.1, 0.15) is 0 Å². The Bertz CT molecular complexity index is 395. The van der Waals surface area contributed by atoms with Crippen LogP contribution in [0.15, 0.2) is 0 Å². The molecule has 0 bridgehead atoms. The van der Waals surface area contributed by atoms with Crippen LogP contribution in [0.25, 0.3) is 0 Å². The van der Waals surface area contributed by atoms with Gasteiger partial charge in [0.05, 0.1) is 13.2 Å². The lowest BCUT2D eigenvalue weighted by Gasteiger charge is -2.18. The fraction of sp³-hybridized carbons (Fsp3) is 0.647. The Labute approximate surface area is 118 Å². The number of hydrogen-bond acceptors (Lipinski definition) is 2. The third kappa shape index (κ3) is 4.05. The summed E-state index contributed by atoms with van der Waals surface area (Å²) in [6.07, 6.45) is 1.02. The van der Waals surface area contributed by atoms with Crippen molar-refractivity contribution in [3.63, 3.8) is 0 Å². The lowest BCUT2D eigenvalue weighted by atomic mass is 9.88. The summed E-state index contributed by atoms with van der Waals surface area (Å²) in [6.45, 7) is 16.8. The van der Waals surface area contributed by atoms with Crippen LogP contribution in [0.3, 0.4) is 0 Å². The van der Waals surface area contributed by atoms with E-state index in [1.807, 2.05) is 0 Å². The van der Waals surface area contributed by atoms with Crippen molar-refractivity contribution in [2.24, 2.45) is 0 Å². The van der Waals surface area contributed by atoms with Gasteiger partial charge in [-0.2, -0.15) is 0 Å². The van der Waals surface area contributed by atoms with Gasteiger partial charge in [0.15, 0.2) is 0 Å². The van der Waals surface area contributed by atoms with Crippen LogP contribution >= 0.6 is 0 Å². The summed E-state index contributed by atoms with van der Waals surface area (Å²) in [5.41, 5.74) is 8.67. The largest absolute Gasteiger partial charge is 0.380 e. The SMILES string of the molecule is CCNCCOCCc1c(C)c(C)c(C)c(C)c1C. The van der Waals surface area contributed by atoms with Crippen LogP contribution in [0, 0.1) is 34.6 Å². The van der Waals surface area contributed by atoms with Crippen molar-refractivity contribution in [1.82, 2.24) is 5.32 Å². The molecule has 0 aliphatic heterocycles. The number of nitrogens with one attached hydrogen (secondary N) is 1. The predicted molar refractivity (Wildman–Crippen MR) is 83.2 cm³/mol. The van der Waals surface area contributed by atoms with Gasteiger partial charge >= 0.3 is 0 Å². The third-order valence-electron chi connectivity index (χ3n) is 4.32. The molecule has 2 nitrogen and oxygen atoms in total. The Balaban J connectivity index is 2.64. The maximum atomic E-state index is 5.70. The fourth-order valence-electron chi connectivity index (χ4n) is 2.55. The molecule has 0 aliphatic carbocycles. The number of benzene rings is 1. The smallest absolute Gasteiger partial charge is 0.0591 e. The normalized spacial score (nSPS) is 11.1. The summed E-state index contributed by atoms with van der Waals surface area (Å²) in [5, 5.41) is 3.27. The molecule has 1 rings (SSSR count). The molecule has 0 heterocycles. The molecule has 0 amide bonds. The maximum Gasteiger partial charge on any atom is 0.0591 e. The second-order valence-electron chi connectivity index (χ2n) is 5.32. The van der Waals surface area contributed by atoms with Crippen molar-refractivity contribution in [2.45, 2.75) is 48.0 Å². The third-order valence-corrected chi connectivity index (χ3v) is 4.32. The molecule has 108 valence electrons. The monoisotopic (exact) mass is 263 g/mol. The maximum absolute atomic E-state index is 5.70. The molecule has 0 radical (unpaired) electrons. The zero-order chi connectivity index (χ0) is 14.4. The van der Waals surface area contributed by atoms with Gasteiger partial charge in [-0.1, -0.05) is 6.92 Å². The van der Waals surface area contributed by atoms with E-state index in [0.717, 1.165) is 32.7 Å². The summed E-state index contributed by atoms with van der Waals surface area (Å²) in [7, 11) is 0. The number of rotatable bonds is 7. The van der Waals surface area contributed by atoms with Crippen molar-refractivity contribution in [2.75, 3.05) is 26.3 Å². The van der Waals surface area contributed by atoms with Gasteiger partial charge in [-0.05, 0) is 81.0 Å². The number of likely N-dealkylation sites (N-methyl/N-ethyl adjacent to an activating group) is 1. The summed E-state index contributed by atoms with van der Waals surface area (Å²) < 4.78 is 5.70. The second-order valence-corrected chi connectivity index (χ2v) is 5.32. The van der Waals surface area contributed by atoms with Crippen LogP contribution in [-0.2, 0) is 11.2 Å². The summed E-state index contributed by atoms with van der Waals surface area (Å²) in [6, 6.07) is 0. The van der Waals surface area contributed by atoms with Gasteiger partial charge in [0, 0.05) is 6.54 Å². The van der Waals surface area contributed by atoms with Gasteiger partial charge in [-0.25, -0.2) is 0 Å². The molecule has 0 fully saturated rings. The molecule has 0 spiro atoms. The molecule has 1 N–H and O–H groups in total. The van der Waals surface area contributed by atoms with Crippen molar-refractivity contribution in [3.05, 3.63) is 33.4 Å². The average molecular weight is 263 g/mol. The van der Waals surface area contributed by atoms with Gasteiger partial charge < -0.3 is 10.1 Å². The summed E-state index contributed by atoms with van der Waals surface area (Å²) in [4.78, 5) is 0. The topological polar surface area (TPSA) is 21.3 Å². The molecule has 0 saturated carbocycles. The van der Waals surface area contributed by atoms with Gasteiger partial charge in [-0.3, -0.25) is 0 Å². The van der Waals surface area contributed by atoms with Crippen LogP contribution < -0.4 is 5.32 Å². The first kappa shape index (κ1) is 16.2. The summed E-state index contributed by atoms with van der Waals surface area (Å²) in [5.74, 6) is 0. The molecule has 1 aromatic carbocycles. The first-order valence-electron chi connectivity index (χ1n) is 7.35. The average Bonchev–Trinajstić information content (AvgIpc) is 2.41. The lowest BCUT2D eigenvalue weighted by Crippen LogP contribution is -2.19. The highest BCUT2D eigenvalue weighted by molar-refractivity contribution is 5.49. The molecular formula is C17H29NO. The van der Waals surface area contributed by atoms with E-state index in [2.05, 4.69) is 46.9 Å². The van der Waals surface area contributed by atoms with E-state index in [1.54, 1.807) is 0 Å². The molecule has 0 aromatic heterocycles. The van der Waals surface area contributed by atoms with Crippen LogP contribution in [-0.4, -0.2) is 26.3 Å². The molecule has 0 aliphatic rings. The van der Waals surface area contributed by atoms with E-state index in [9.17, 15) is 0 Å². The van der Waals surface area contributed by atoms with Crippen molar-refractivity contribution >= 4 is 0 Å². The minimum absolute atomic E-state index is 0.801. The zero-order valence-corrected chi connectivity index (χ0v) is 13.4. The molecule has 19 heavy (non-hydrogen) atoms. The van der Waals surface area contributed by atoms with Crippen molar-refractivity contribution in [3.8, 4) is 0 Å². The van der Waals surface area contributed by atoms with E-state index in [0.29, 0.717) is 0 Å². The first-order chi connectivity index (χ1) is 9.00. The molecule has 1 aromatic rings. The Morgan fingerprint density at radius 1 is 0.789 bits per heavy atom. The first-order valence-corrected chi connectivity index (χ1v) is 7.35. The van der Waals surface area contributed by atoms with E-state index >= 15 is 0 Å². The van der Waals surface area contributed by atoms with E-state index < -0.39 is 0 Å². The quantitative estimate of drug-likeness (QED) is 0.761. The minimum atomic E-state index is 0.801. The Morgan fingerprint density at radius 3 is 1.84 bits per heavy atom. The minimum Gasteiger partial charge on any atom is -0.380 e. The Hall–Kier alpha value is -0.860. The van der Waals surface area contributed by atoms with Gasteiger partial charge in [-0.15, -0.1) is 0 Å². The molecule has 0 atom stereocenters. The fourth-order valence-corrected chi connectivity index (χ4v) is 2.55. The summed E-state index contributed by atoms with van der Waals surface area (Å²) >= 11 is 0. The van der Waals surface area contributed by atoms with Gasteiger partial charge in [0.2, 0.25) is 0 Å². The highest BCUT2D eigenvalue weighted by Crippen LogP contribution is 2.26. The van der Waals surface area contributed by atoms with Crippen LogP contribution in [0.1, 0.15) is 40.3 Å². The van der Waals surface area contributed by atoms with Crippen molar-refractivity contribution < 1.29 is 4.74 Å². The predicted octanol–water partition coefficient (Wildman–Crippen LogP) is 3.40. The molecule has 0 saturated heterocycles. The van der Waals surface area contributed by atoms with Crippen molar-refractivity contribution in [1.29, 1.82) is 0 Å². The lowest BCUT2D eigenvalue weighted by molar-refractivity contribution is 0.139. The zero-order valence-electron chi connectivity index (χ0n) is 13.4. The highest BCUT2D eigenvalue weighted by Gasteiger charge is 2.11. The van der Waals surface area contributed by atoms with E-state index in [4.69, 9.17) is 4.74 Å². The van der Waals surface area contributed by atoms with Crippen LogP contribution in [0.4, 0.5) is 0 Å². The second kappa shape index (κ2) is 7.66. The van der Waals surface area contributed by atoms with E-state index in [1.165, 1.54) is 33.4 Å².